The highest BCUT2D eigenvalue weighted by Gasteiger charge is 2.30. The van der Waals surface area contributed by atoms with E-state index < -0.39 is 0 Å². The minimum absolute atomic E-state index is 0.0185. The lowest BCUT2D eigenvalue weighted by Crippen LogP contribution is -2.43. The number of carbonyl (C=O) groups excluding carboxylic acids is 2. The van der Waals surface area contributed by atoms with Crippen LogP contribution in [0, 0.1) is 0 Å². The van der Waals surface area contributed by atoms with Crippen molar-refractivity contribution < 1.29 is 9.59 Å². The van der Waals surface area contributed by atoms with Crippen LogP contribution in [0.1, 0.15) is 37.4 Å². The quantitative estimate of drug-likeness (QED) is 0.860. The molecule has 0 bridgehead atoms. The van der Waals surface area contributed by atoms with Gasteiger partial charge in [0.15, 0.2) is 0 Å². The average Bonchev–Trinajstić information content (AvgIpc) is 2.52. The first-order valence-corrected chi connectivity index (χ1v) is 7.82. The smallest absolute Gasteiger partial charge is 0.222 e. The van der Waals surface area contributed by atoms with Crippen LogP contribution in [0.25, 0.3) is 0 Å². The summed E-state index contributed by atoms with van der Waals surface area (Å²) in [5, 5.41) is 6.02. The molecule has 2 amide bonds. The number of carbonyl (C=O) groups is 2. The van der Waals surface area contributed by atoms with E-state index in [9.17, 15) is 9.59 Å². The Morgan fingerprint density at radius 3 is 2.77 bits per heavy atom. The summed E-state index contributed by atoms with van der Waals surface area (Å²) in [6.45, 7) is 4.85. The summed E-state index contributed by atoms with van der Waals surface area (Å²) in [6, 6.07) is 8.16. The van der Waals surface area contributed by atoms with Crippen molar-refractivity contribution in [2.24, 2.45) is 0 Å². The number of amides is 2. The number of hydrogen-bond acceptors (Lipinski definition) is 3. The van der Waals surface area contributed by atoms with Gasteiger partial charge < -0.3 is 15.5 Å². The molecule has 0 fully saturated rings. The second-order valence-electron chi connectivity index (χ2n) is 5.87. The molecular formula is C17H25N3O2. The number of hydrogen-bond donors (Lipinski definition) is 2. The Labute approximate surface area is 132 Å². The fraction of sp³-hybridized carbons (Fsp3) is 0.529. The summed E-state index contributed by atoms with van der Waals surface area (Å²) >= 11 is 0. The molecule has 5 heteroatoms. The van der Waals surface area contributed by atoms with Gasteiger partial charge in [0.05, 0.1) is 12.5 Å². The van der Waals surface area contributed by atoms with E-state index in [0.717, 1.165) is 12.0 Å². The van der Waals surface area contributed by atoms with Crippen LogP contribution in [0.2, 0.25) is 0 Å². The molecule has 0 radical (unpaired) electrons. The summed E-state index contributed by atoms with van der Waals surface area (Å²) in [7, 11) is 1.87. The van der Waals surface area contributed by atoms with Crippen LogP contribution in [-0.4, -0.2) is 42.9 Å². The molecule has 0 aliphatic carbocycles. The van der Waals surface area contributed by atoms with E-state index in [0.29, 0.717) is 19.5 Å². The molecule has 0 saturated carbocycles. The van der Waals surface area contributed by atoms with E-state index >= 15 is 0 Å². The molecule has 2 unspecified atom stereocenters. The second kappa shape index (κ2) is 7.40. The van der Waals surface area contributed by atoms with Gasteiger partial charge in [0.2, 0.25) is 11.8 Å². The highest BCUT2D eigenvalue weighted by atomic mass is 16.2. The Bertz CT molecular complexity index is 544. The monoisotopic (exact) mass is 303 g/mol. The first-order chi connectivity index (χ1) is 10.5. The average molecular weight is 303 g/mol. The number of nitrogens with one attached hydrogen (secondary N) is 2. The van der Waals surface area contributed by atoms with Crippen LogP contribution in [0.4, 0.5) is 0 Å². The van der Waals surface area contributed by atoms with Crippen LogP contribution >= 0.6 is 0 Å². The molecule has 120 valence electrons. The standard InChI is InChI=1S/C17H25N3O2/c1-12(18-3)11-19-17(22)10-16-15-7-5-4-6-14(15)8-9-20(16)13(2)21/h4-7,12,16,18H,8-11H2,1-3H3,(H,19,22). The van der Waals surface area contributed by atoms with E-state index in [2.05, 4.69) is 16.7 Å². The number of nitrogens with zero attached hydrogens (tertiary/aromatic N) is 1. The van der Waals surface area contributed by atoms with Crippen LogP contribution in [-0.2, 0) is 16.0 Å². The molecule has 2 rings (SSSR count). The lowest BCUT2D eigenvalue weighted by atomic mass is 9.90. The maximum Gasteiger partial charge on any atom is 0.222 e. The molecular weight excluding hydrogens is 278 g/mol. The minimum atomic E-state index is -0.160. The third kappa shape index (κ3) is 3.85. The highest BCUT2D eigenvalue weighted by Crippen LogP contribution is 2.32. The first-order valence-electron chi connectivity index (χ1n) is 7.82. The fourth-order valence-corrected chi connectivity index (χ4v) is 2.87. The third-order valence-corrected chi connectivity index (χ3v) is 4.29. The normalized spacial score (nSPS) is 18.5. The summed E-state index contributed by atoms with van der Waals surface area (Å²) in [5.74, 6) is 0.00551. The largest absolute Gasteiger partial charge is 0.354 e. The van der Waals surface area contributed by atoms with E-state index in [1.54, 1.807) is 6.92 Å². The van der Waals surface area contributed by atoms with Gasteiger partial charge in [-0.3, -0.25) is 9.59 Å². The van der Waals surface area contributed by atoms with Gasteiger partial charge in [-0.25, -0.2) is 0 Å². The molecule has 1 aromatic carbocycles. The summed E-state index contributed by atoms with van der Waals surface area (Å²) in [4.78, 5) is 25.9. The molecule has 22 heavy (non-hydrogen) atoms. The Morgan fingerprint density at radius 1 is 1.36 bits per heavy atom. The zero-order valence-corrected chi connectivity index (χ0v) is 13.6. The number of likely N-dealkylation sites (N-methyl/N-ethyl adjacent to an activating group) is 1. The number of rotatable bonds is 5. The van der Waals surface area contributed by atoms with Crippen molar-refractivity contribution in [2.45, 2.75) is 38.8 Å². The predicted molar refractivity (Wildman–Crippen MR) is 86.4 cm³/mol. The van der Waals surface area contributed by atoms with E-state index in [1.165, 1.54) is 5.56 Å². The summed E-state index contributed by atoms with van der Waals surface area (Å²) < 4.78 is 0. The van der Waals surface area contributed by atoms with Crippen molar-refractivity contribution in [1.29, 1.82) is 0 Å². The maximum absolute atomic E-state index is 12.2. The lowest BCUT2D eigenvalue weighted by Gasteiger charge is -2.36. The summed E-state index contributed by atoms with van der Waals surface area (Å²) in [5.41, 5.74) is 2.34. The second-order valence-corrected chi connectivity index (χ2v) is 5.87. The molecule has 1 aliphatic rings. The molecule has 5 nitrogen and oxygen atoms in total. The van der Waals surface area contributed by atoms with Crippen molar-refractivity contribution in [3.8, 4) is 0 Å². The predicted octanol–water partition coefficient (Wildman–Crippen LogP) is 1.25. The van der Waals surface area contributed by atoms with Gasteiger partial charge in [0.1, 0.15) is 0 Å². The molecule has 1 heterocycles. The van der Waals surface area contributed by atoms with E-state index in [-0.39, 0.29) is 23.9 Å². The third-order valence-electron chi connectivity index (χ3n) is 4.29. The van der Waals surface area contributed by atoms with Crippen molar-refractivity contribution in [3.05, 3.63) is 35.4 Å². The molecule has 0 saturated heterocycles. The Hall–Kier alpha value is -1.88. The van der Waals surface area contributed by atoms with Gasteiger partial charge in [0.25, 0.3) is 0 Å². The van der Waals surface area contributed by atoms with Crippen molar-refractivity contribution >= 4 is 11.8 Å². The number of benzene rings is 1. The van der Waals surface area contributed by atoms with Gasteiger partial charge in [-0.05, 0) is 31.5 Å². The molecule has 2 atom stereocenters. The van der Waals surface area contributed by atoms with E-state index in [1.807, 2.05) is 37.1 Å². The Balaban J connectivity index is 2.11. The first kappa shape index (κ1) is 16.5. The van der Waals surface area contributed by atoms with Crippen LogP contribution in [0.3, 0.4) is 0 Å². The molecule has 0 spiro atoms. The molecule has 2 N–H and O–H groups in total. The number of fused-ring (bicyclic) bond motifs is 1. The van der Waals surface area contributed by atoms with Crippen molar-refractivity contribution in [2.75, 3.05) is 20.1 Å². The zero-order valence-electron chi connectivity index (χ0n) is 13.6. The van der Waals surface area contributed by atoms with Gasteiger partial charge in [-0.2, -0.15) is 0 Å². The zero-order chi connectivity index (χ0) is 16.1. The summed E-state index contributed by atoms with van der Waals surface area (Å²) in [6.07, 6.45) is 1.16. The minimum Gasteiger partial charge on any atom is -0.354 e. The van der Waals surface area contributed by atoms with Gasteiger partial charge in [-0.15, -0.1) is 0 Å². The van der Waals surface area contributed by atoms with Crippen LogP contribution < -0.4 is 10.6 Å². The van der Waals surface area contributed by atoms with Gasteiger partial charge >= 0.3 is 0 Å². The van der Waals surface area contributed by atoms with Crippen LogP contribution in [0.15, 0.2) is 24.3 Å². The Kier molecular flexibility index (Phi) is 5.55. The molecule has 0 aromatic heterocycles. The van der Waals surface area contributed by atoms with Crippen molar-refractivity contribution in [1.82, 2.24) is 15.5 Å². The SMILES string of the molecule is CNC(C)CNC(=O)CC1c2ccccc2CCN1C(C)=O. The maximum atomic E-state index is 12.2. The highest BCUT2D eigenvalue weighted by molar-refractivity contribution is 5.79. The molecule has 1 aromatic rings. The van der Waals surface area contributed by atoms with E-state index in [4.69, 9.17) is 0 Å². The fourth-order valence-electron chi connectivity index (χ4n) is 2.87. The Morgan fingerprint density at radius 2 is 2.09 bits per heavy atom. The van der Waals surface area contributed by atoms with Gasteiger partial charge in [-0.1, -0.05) is 24.3 Å². The lowest BCUT2D eigenvalue weighted by molar-refractivity contribution is -0.133. The van der Waals surface area contributed by atoms with Crippen LogP contribution in [0.5, 0.6) is 0 Å². The van der Waals surface area contributed by atoms with Gasteiger partial charge in [0, 0.05) is 26.1 Å². The van der Waals surface area contributed by atoms with Crippen molar-refractivity contribution in [3.63, 3.8) is 0 Å². The molecule has 1 aliphatic heterocycles. The topological polar surface area (TPSA) is 61.4 Å².